The van der Waals surface area contributed by atoms with Crippen LogP contribution < -0.4 is 15.2 Å². The summed E-state index contributed by atoms with van der Waals surface area (Å²) in [5.41, 5.74) is 7.79. The second-order valence-electron chi connectivity index (χ2n) is 4.51. The topological polar surface area (TPSA) is 44.5 Å². The molecule has 0 amide bonds. The highest BCUT2D eigenvalue weighted by molar-refractivity contribution is 5.54. The maximum atomic E-state index is 6.10. The molecule has 1 aromatic carbocycles. The zero-order valence-corrected chi connectivity index (χ0v) is 9.46. The van der Waals surface area contributed by atoms with Crippen LogP contribution >= 0.6 is 0 Å². The second-order valence-corrected chi connectivity index (χ2v) is 4.51. The monoisotopic (exact) mass is 207 g/mol. The fourth-order valence-corrected chi connectivity index (χ4v) is 1.78. The normalized spacial score (nSPS) is 15.2. The second kappa shape index (κ2) is 3.42. The maximum Gasteiger partial charge on any atom is 0.166 e. The van der Waals surface area contributed by atoms with Gasteiger partial charge >= 0.3 is 0 Å². The zero-order valence-electron chi connectivity index (χ0n) is 9.46. The van der Waals surface area contributed by atoms with Gasteiger partial charge in [0.2, 0.25) is 0 Å². The smallest absolute Gasteiger partial charge is 0.166 e. The Labute approximate surface area is 90.2 Å². The van der Waals surface area contributed by atoms with E-state index in [1.165, 1.54) is 0 Å². The van der Waals surface area contributed by atoms with Gasteiger partial charge in [-0.05, 0) is 26.3 Å². The molecule has 15 heavy (non-hydrogen) atoms. The van der Waals surface area contributed by atoms with Crippen molar-refractivity contribution >= 4 is 0 Å². The van der Waals surface area contributed by atoms with Crippen LogP contribution in [0.3, 0.4) is 0 Å². The van der Waals surface area contributed by atoms with E-state index in [0.717, 1.165) is 22.6 Å². The lowest BCUT2D eigenvalue weighted by Crippen LogP contribution is -2.31. The highest BCUT2D eigenvalue weighted by atomic mass is 16.6. The predicted octanol–water partition coefficient (Wildman–Crippen LogP) is 1.96. The van der Waals surface area contributed by atoms with Gasteiger partial charge < -0.3 is 15.2 Å². The molecule has 0 radical (unpaired) electrons. The summed E-state index contributed by atoms with van der Waals surface area (Å²) in [6.45, 7) is 7.16. The molecule has 2 rings (SSSR count). The molecule has 1 aliphatic rings. The SMILES string of the molecule is Cc1ccc(C(C)(C)N)c2c1OCCO2. The summed E-state index contributed by atoms with van der Waals surface area (Å²) in [7, 11) is 0. The molecule has 0 saturated heterocycles. The minimum Gasteiger partial charge on any atom is -0.486 e. The zero-order chi connectivity index (χ0) is 11.1. The van der Waals surface area contributed by atoms with Crippen LogP contribution in [0.5, 0.6) is 11.5 Å². The van der Waals surface area contributed by atoms with Crippen molar-refractivity contribution in [1.29, 1.82) is 0 Å². The Kier molecular flexibility index (Phi) is 2.35. The van der Waals surface area contributed by atoms with Gasteiger partial charge in [0.15, 0.2) is 11.5 Å². The molecule has 0 saturated carbocycles. The van der Waals surface area contributed by atoms with E-state index in [4.69, 9.17) is 15.2 Å². The molecule has 1 aromatic rings. The van der Waals surface area contributed by atoms with Gasteiger partial charge in [0, 0.05) is 11.1 Å². The number of fused-ring (bicyclic) bond motifs is 1. The first kappa shape index (κ1) is 10.3. The van der Waals surface area contributed by atoms with Crippen LogP contribution in [0.2, 0.25) is 0 Å². The fraction of sp³-hybridized carbons (Fsp3) is 0.500. The van der Waals surface area contributed by atoms with Crippen molar-refractivity contribution in [3.05, 3.63) is 23.3 Å². The number of hydrogen-bond donors (Lipinski definition) is 1. The van der Waals surface area contributed by atoms with Gasteiger partial charge in [0.05, 0.1) is 0 Å². The van der Waals surface area contributed by atoms with Crippen molar-refractivity contribution in [1.82, 2.24) is 0 Å². The van der Waals surface area contributed by atoms with Crippen LogP contribution in [-0.2, 0) is 5.54 Å². The Hall–Kier alpha value is -1.22. The number of hydrogen-bond acceptors (Lipinski definition) is 3. The van der Waals surface area contributed by atoms with Crippen molar-refractivity contribution in [3.63, 3.8) is 0 Å². The summed E-state index contributed by atoms with van der Waals surface area (Å²) in [6, 6.07) is 4.04. The van der Waals surface area contributed by atoms with Crippen LogP contribution in [0, 0.1) is 6.92 Å². The Balaban J connectivity index is 2.58. The van der Waals surface area contributed by atoms with E-state index >= 15 is 0 Å². The standard InChI is InChI=1S/C12H17NO2/c1-8-4-5-9(12(2,3)13)11-10(8)14-6-7-15-11/h4-5H,6-7,13H2,1-3H3. The van der Waals surface area contributed by atoms with Crippen LogP contribution in [0.4, 0.5) is 0 Å². The van der Waals surface area contributed by atoms with Gasteiger partial charge in [-0.2, -0.15) is 0 Å². The van der Waals surface area contributed by atoms with E-state index in [1.54, 1.807) is 0 Å². The van der Waals surface area contributed by atoms with Crippen LogP contribution in [-0.4, -0.2) is 13.2 Å². The minimum absolute atomic E-state index is 0.404. The summed E-state index contributed by atoms with van der Waals surface area (Å²) in [5.74, 6) is 1.66. The molecule has 3 nitrogen and oxygen atoms in total. The highest BCUT2D eigenvalue weighted by Crippen LogP contribution is 2.40. The molecule has 3 heteroatoms. The average molecular weight is 207 g/mol. The summed E-state index contributed by atoms with van der Waals surface area (Å²) in [4.78, 5) is 0. The van der Waals surface area contributed by atoms with Gasteiger partial charge in [0.1, 0.15) is 13.2 Å². The number of rotatable bonds is 1. The Bertz CT molecular complexity index is 380. The summed E-state index contributed by atoms with van der Waals surface area (Å²) in [6.07, 6.45) is 0. The van der Waals surface area contributed by atoms with Gasteiger partial charge in [-0.25, -0.2) is 0 Å². The largest absolute Gasteiger partial charge is 0.486 e. The number of nitrogens with two attached hydrogens (primary N) is 1. The molecule has 82 valence electrons. The lowest BCUT2D eigenvalue weighted by Gasteiger charge is -2.28. The third-order valence-corrected chi connectivity index (χ3v) is 2.58. The van der Waals surface area contributed by atoms with E-state index in [0.29, 0.717) is 13.2 Å². The maximum absolute atomic E-state index is 6.10. The molecule has 0 aromatic heterocycles. The van der Waals surface area contributed by atoms with Crippen LogP contribution in [0.15, 0.2) is 12.1 Å². The molecule has 1 aliphatic heterocycles. The van der Waals surface area contributed by atoms with E-state index in [-0.39, 0.29) is 0 Å². The Morgan fingerprint density at radius 1 is 1.13 bits per heavy atom. The van der Waals surface area contributed by atoms with E-state index < -0.39 is 5.54 Å². The summed E-state index contributed by atoms with van der Waals surface area (Å²) >= 11 is 0. The van der Waals surface area contributed by atoms with E-state index in [2.05, 4.69) is 0 Å². The minimum atomic E-state index is -0.404. The van der Waals surface area contributed by atoms with E-state index in [9.17, 15) is 0 Å². The lowest BCUT2D eigenvalue weighted by molar-refractivity contribution is 0.166. The van der Waals surface area contributed by atoms with Crippen LogP contribution in [0.1, 0.15) is 25.0 Å². The number of benzene rings is 1. The molecule has 0 unspecified atom stereocenters. The third kappa shape index (κ3) is 1.79. The lowest BCUT2D eigenvalue weighted by atomic mass is 9.93. The molecule has 0 atom stereocenters. The first-order chi connectivity index (χ1) is 7.00. The van der Waals surface area contributed by atoms with Gasteiger partial charge in [0.25, 0.3) is 0 Å². The Morgan fingerprint density at radius 3 is 2.33 bits per heavy atom. The quantitative estimate of drug-likeness (QED) is 0.765. The molecule has 0 bridgehead atoms. The molecule has 1 heterocycles. The van der Waals surface area contributed by atoms with Crippen molar-refractivity contribution in [2.24, 2.45) is 5.73 Å². The summed E-state index contributed by atoms with van der Waals surface area (Å²) < 4.78 is 11.3. The average Bonchev–Trinajstić information content (AvgIpc) is 2.17. The fourth-order valence-electron chi connectivity index (χ4n) is 1.78. The molecular weight excluding hydrogens is 190 g/mol. The third-order valence-electron chi connectivity index (χ3n) is 2.58. The van der Waals surface area contributed by atoms with E-state index in [1.807, 2.05) is 32.9 Å². The first-order valence-electron chi connectivity index (χ1n) is 5.18. The Morgan fingerprint density at radius 2 is 1.73 bits per heavy atom. The van der Waals surface area contributed by atoms with Crippen molar-refractivity contribution in [3.8, 4) is 11.5 Å². The van der Waals surface area contributed by atoms with Crippen molar-refractivity contribution < 1.29 is 9.47 Å². The number of ether oxygens (including phenoxy) is 2. The first-order valence-corrected chi connectivity index (χ1v) is 5.18. The molecule has 2 N–H and O–H groups in total. The molecular formula is C12H17NO2. The van der Waals surface area contributed by atoms with Gasteiger partial charge in [-0.1, -0.05) is 12.1 Å². The van der Waals surface area contributed by atoms with Crippen molar-refractivity contribution in [2.75, 3.05) is 13.2 Å². The predicted molar refractivity (Wildman–Crippen MR) is 59.4 cm³/mol. The van der Waals surface area contributed by atoms with Crippen molar-refractivity contribution in [2.45, 2.75) is 26.3 Å². The number of aryl methyl sites for hydroxylation is 1. The molecule has 0 fully saturated rings. The molecule has 0 spiro atoms. The van der Waals surface area contributed by atoms with Crippen LogP contribution in [0.25, 0.3) is 0 Å². The molecule has 0 aliphatic carbocycles. The highest BCUT2D eigenvalue weighted by Gasteiger charge is 2.25. The summed E-state index contributed by atoms with van der Waals surface area (Å²) in [5, 5.41) is 0. The van der Waals surface area contributed by atoms with Gasteiger partial charge in [-0.15, -0.1) is 0 Å². The van der Waals surface area contributed by atoms with Gasteiger partial charge in [-0.3, -0.25) is 0 Å².